The van der Waals surface area contributed by atoms with Crippen molar-refractivity contribution < 1.29 is 9.47 Å². The van der Waals surface area contributed by atoms with E-state index in [9.17, 15) is 0 Å². The van der Waals surface area contributed by atoms with Crippen LogP contribution in [0.15, 0.2) is 23.2 Å². The highest BCUT2D eigenvalue weighted by Gasteiger charge is 2.05. The molecule has 0 unspecified atom stereocenters. The number of methoxy groups -OCH3 is 1. The third-order valence-electron chi connectivity index (χ3n) is 3.36. The van der Waals surface area contributed by atoms with Gasteiger partial charge in [-0.25, -0.2) is 4.99 Å². The zero-order chi connectivity index (χ0) is 16.9. The average molecular weight is 321 g/mol. The van der Waals surface area contributed by atoms with Crippen LogP contribution in [0.5, 0.6) is 11.5 Å². The quantitative estimate of drug-likeness (QED) is 0.394. The van der Waals surface area contributed by atoms with Crippen molar-refractivity contribution in [3.63, 3.8) is 0 Å². The van der Waals surface area contributed by atoms with Crippen molar-refractivity contribution in [2.45, 2.75) is 46.6 Å². The molecule has 0 aliphatic carbocycles. The zero-order valence-electron chi connectivity index (χ0n) is 14.9. The summed E-state index contributed by atoms with van der Waals surface area (Å²) in [6, 6.07) is 5.95. The molecule has 0 heterocycles. The Labute approximate surface area is 140 Å². The third-order valence-corrected chi connectivity index (χ3v) is 3.36. The average Bonchev–Trinajstić information content (AvgIpc) is 2.57. The summed E-state index contributed by atoms with van der Waals surface area (Å²) in [5, 5.41) is 6.64. The second kappa shape index (κ2) is 11.6. The van der Waals surface area contributed by atoms with Gasteiger partial charge in [0.1, 0.15) is 0 Å². The van der Waals surface area contributed by atoms with Crippen LogP contribution in [-0.4, -0.2) is 32.8 Å². The third kappa shape index (κ3) is 7.26. The monoisotopic (exact) mass is 321 g/mol. The maximum absolute atomic E-state index is 5.54. The van der Waals surface area contributed by atoms with Gasteiger partial charge in [-0.3, -0.25) is 0 Å². The molecular weight excluding hydrogens is 290 g/mol. The van der Waals surface area contributed by atoms with Crippen molar-refractivity contribution in [2.24, 2.45) is 4.99 Å². The number of nitrogens with zero attached hydrogens (tertiary/aromatic N) is 1. The van der Waals surface area contributed by atoms with Gasteiger partial charge in [0.25, 0.3) is 0 Å². The SMILES string of the molecule is CCCCCNC(=NCc1ccc(OCC)c(OC)c1)NCC. The summed E-state index contributed by atoms with van der Waals surface area (Å²) < 4.78 is 10.9. The molecule has 23 heavy (non-hydrogen) atoms. The van der Waals surface area contributed by atoms with Crippen molar-refractivity contribution in [1.29, 1.82) is 0 Å². The van der Waals surface area contributed by atoms with Crippen LogP contribution >= 0.6 is 0 Å². The van der Waals surface area contributed by atoms with Gasteiger partial charge in [0.15, 0.2) is 17.5 Å². The number of rotatable bonds is 10. The molecule has 0 fully saturated rings. The number of hydrogen-bond donors (Lipinski definition) is 2. The molecule has 2 N–H and O–H groups in total. The van der Waals surface area contributed by atoms with Crippen molar-refractivity contribution >= 4 is 5.96 Å². The number of aliphatic imine (C=N–C) groups is 1. The largest absolute Gasteiger partial charge is 0.493 e. The maximum Gasteiger partial charge on any atom is 0.191 e. The summed E-state index contributed by atoms with van der Waals surface area (Å²) in [5.74, 6) is 2.38. The van der Waals surface area contributed by atoms with E-state index in [2.05, 4.69) is 29.5 Å². The smallest absolute Gasteiger partial charge is 0.191 e. The minimum atomic E-state index is 0.603. The van der Waals surface area contributed by atoms with E-state index in [4.69, 9.17) is 9.47 Å². The molecule has 5 nitrogen and oxygen atoms in total. The van der Waals surface area contributed by atoms with E-state index in [0.717, 1.165) is 42.5 Å². The summed E-state index contributed by atoms with van der Waals surface area (Å²) in [7, 11) is 1.66. The molecular formula is C18H31N3O2. The van der Waals surface area contributed by atoms with E-state index >= 15 is 0 Å². The molecule has 0 aliphatic heterocycles. The Morgan fingerprint density at radius 2 is 1.91 bits per heavy atom. The fourth-order valence-corrected chi connectivity index (χ4v) is 2.18. The molecule has 0 aliphatic rings. The fourth-order valence-electron chi connectivity index (χ4n) is 2.18. The molecule has 1 rings (SSSR count). The Hall–Kier alpha value is -1.91. The molecule has 130 valence electrons. The minimum absolute atomic E-state index is 0.603. The molecule has 0 amide bonds. The fraction of sp³-hybridized carbons (Fsp3) is 0.611. The molecule has 5 heteroatoms. The Balaban J connectivity index is 2.66. The number of hydrogen-bond acceptors (Lipinski definition) is 3. The van der Waals surface area contributed by atoms with Gasteiger partial charge in [0, 0.05) is 13.1 Å². The van der Waals surface area contributed by atoms with E-state index in [1.807, 2.05) is 25.1 Å². The number of unbranched alkanes of at least 4 members (excludes halogenated alkanes) is 2. The highest BCUT2D eigenvalue weighted by molar-refractivity contribution is 5.79. The van der Waals surface area contributed by atoms with Gasteiger partial charge in [0.05, 0.1) is 20.3 Å². The molecule has 1 aromatic carbocycles. The standard InChI is InChI=1S/C18H31N3O2/c1-5-8-9-12-20-18(19-6-2)21-14-15-10-11-16(23-7-3)17(13-15)22-4/h10-11,13H,5-9,12,14H2,1-4H3,(H2,19,20,21). The molecule has 0 spiro atoms. The Morgan fingerprint density at radius 1 is 1.09 bits per heavy atom. The van der Waals surface area contributed by atoms with Crippen LogP contribution in [0.2, 0.25) is 0 Å². The number of nitrogens with one attached hydrogen (secondary N) is 2. The Morgan fingerprint density at radius 3 is 2.57 bits per heavy atom. The predicted octanol–water partition coefficient (Wildman–Crippen LogP) is 3.34. The van der Waals surface area contributed by atoms with E-state index < -0.39 is 0 Å². The van der Waals surface area contributed by atoms with Crippen LogP contribution in [0.4, 0.5) is 0 Å². The topological polar surface area (TPSA) is 54.9 Å². The van der Waals surface area contributed by atoms with Gasteiger partial charge in [-0.05, 0) is 38.0 Å². The maximum atomic E-state index is 5.54. The zero-order valence-corrected chi connectivity index (χ0v) is 14.9. The second-order valence-electron chi connectivity index (χ2n) is 5.25. The first kappa shape index (κ1) is 19.1. The van der Waals surface area contributed by atoms with Crippen LogP contribution in [0.3, 0.4) is 0 Å². The molecule has 0 bridgehead atoms. The highest BCUT2D eigenvalue weighted by Crippen LogP contribution is 2.28. The Bertz CT molecular complexity index is 475. The predicted molar refractivity (Wildman–Crippen MR) is 96.5 cm³/mol. The van der Waals surface area contributed by atoms with Crippen LogP contribution in [0, 0.1) is 0 Å². The van der Waals surface area contributed by atoms with E-state index in [-0.39, 0.29) is 0 Å². The van der Waals surface area contributed by atoms with E-state index in [1.54, 1.807) is 7.11 Å². The summed E-state index contributed by atoms with van der Waals surface area (Å²) in [6.07, 6.45) is 3.63. The van der Waals surface area contributed by atoms with E-state index in [0.29, 0.717) is 13.2 Å². The van der Waals surface area contributed by atoms with Crippen LogP contribution < -0.4 is 20.1 Å². The summed E-state index contributed by atoms with van der Waals surface area (Å²) >= 11 is 0. The Kier molecular flexibility index (Phi) is 9.68. The summed E-state index contributed by atoms with van der Waals surface area (Å²) in [4.78, 5) is 4.63. The first-order valence-electron chi connectivity index (χ1n) is 8.57. The van der Waals surface area contributed by atoms with Crippen molar-refractivity contribution in [3.05, 3.63) is 23.8 Å². The van der Waals surface area contributed by atoms with Gasteiger partial charge < -0.3 is 20.1 Å². The van der Waals surface area contributed by atoms with Crippen LogP contribution in [0.1, 0.15) is 45.6 Å². The van der Waals surface area contributed by atoms with Crippen molar-refractivity contribution in [1.82, 2.24) is 10.6 Å². The van der Waals surface area contributed by atoms with Gasteiger partial charge in [-0.2, -0.15) is 0 Å². The van der Waals surface area contributed by atoms with E-state index in [1.165, 1.54) is 12.8 Å². The molecule has 1 aromatic rings. The lowest BCUT2D eigenvalue weighted by Crippen LogP contribution is -2.37. The second-order valence-corrected chi connectivity index (χ2v) is 5.25. The summed E-state index contributed by atoms with van der Waals surface area (Å²) in [5.41, 5.74) is 1.09. The van der Waals surface area contributed by atoms with Gasteiger partial charge >= 0.3 is 0 Å². The van der Waals surface area contributed by atoms with Gasteiger partial charge in [-0.15, -0.1) is 0 Å². The van der Waals surface area contributed by atoms with Crippen LogP contribution in [0.25, 0.3) is 0 Å². The first-order chi connectivity index (χ1) is 11.2. The molecule has 0 atom stereocenters. The van der Waals surface area contributed by atoms with Crippen molar-refractivity contribution in [3.8, 4) is 11.5 Å². The molecule has 0 radical (unpaired) electrons. The molecule has 0 saturated carbocycles. The number of ether oxygens (including phenoxy) is 2. The summed E-state index contributed by atoms with van der Waals surface area (Å²) in [6.45, 7) is 9.27. The minimum Gasteiger partial charge on any atom is -0.493 e. The lowest BCUT2D eigenvalue weighted by Gasteiger charge is -2.12. The lowest BCUT2D eigenvalue weighted by molar-refractivity contribution is 0.310. The molecule has 0 saturated heterocycles. The number of guanidine groups is 1. The van der Waals surface area contributed by atoms with Gasteiger partial charge in [0.2, 0.25) is 0 Å². The normalized spacial score (nSPS) is 11.2. The number of benzene rings is 1. The van der Waals surface area contributed by atoms with Crippen LogP contribution in [-0.2, 0) is 6.54 Å². The first-order valence-corrected chi connectivity index (χ1v) is 8.57. The van der Waals surface area contributed by atoms with Crippen molar-refractivity contribution in [2.75, 3.05) is 26.8 Å². The van der Waals surface area contributed by atoms with Gasteiger partial charge in [-0.1, -0.05) is 25.8 Å². The highest BCUT2D eigenvalue weighted by atomic mass is 16.5. The lowest BCUT2D eigenvalue weighted by atomic mass is 10.2. The molecule has 0 aromatic heterocycles.